The van der Waals surface area contributed by atoms with Crippen LogP contribution in [0.4, 0.5) is 0 Å². The van der Waals surface area contributed by atoms with Crippen molar-refractivity contribution in [1.29, 1.82) is 0 Å². The number of benzene rings is 2. The third kappa shape index (κ3) is 3.65. The lowest BCUT2D eigenvalue weighted by Crippen LogP contribution is -2.36. The summed E-state index contributed by atoms with van der Waals surface area (Å²) in [4.78, 5) is 25.9. The number of carbonyl (C=O) groups excluding carboxylic acids is 2. The molecule has 1 fully saturated rings. The minimum Gasteiger partial charge on any atom is -0.351 e. The Morgan fingerprint density at radius 2 is 2.04 bits per heavy atom. The molecule has 124 valence electrons. The Bertz CT molecular complexity index is 764. The molecule has 2 aromatic rings. The zero-order valence-corrected chi connectivity index (χ0v) is 13.7. The van der Waals surface area contributed by atoms with Crippen molar-refractivity contribution in [2.45, 2.75) is 31.8 Å². The second-order valence-electron chi connectivity index (χ2n) is 6.21. The molecule has 1 aliphatic heterocycles. The van der Waals surface area contributed by atoms with E-state index < -0.39 is 0 Å². The molecule has 1 heterocycles. The number of allylic oxidation sites excluding steroid dienone is 1. The van der Waals surface area contributed by atoms with Crippen LogP contribution in [0.2, 0.25) is 0 Å². The third-order valence-electron chi connectivity index (χ3n) is 4.40. The number of hydrogen-bond donors (Lipinski definition) is 1. The fourth-order valence-corrected chi connectivity index (χ4v) is 3.19. The molecule has 24 heavy (non-hydrogen) atoms. The first-order valence-electron chi connectivity index (χ1n) is 8.32. The summed E-state index contributed by atoms with van der Waals surface area (Å²) < 4.78 is 0. The van der Waals surface area contributed by atoms with Gasteiger partial charge in [0.1, 0.15) is 0 Å². The van der Waals surface area contributed by atoms with Crippen molar-refractivity contribution in [2.75, 3.05) is 6.54 Å². The van der Waals surface area contributed by atoms with Gasteiger partial charge in [-0.05, 0) is 22.8 Å². The van der Waals surface area contributed by atoms with Crippen LogP contribution in [-0.4, -0.2) is 29.3 Å². The highest BCUT2D eigenvalue weighted by molar-refractivity contribution is 5.87. The Balaban J connectivity index is 1.66. The van der Waals surface area contributed by atoms with E-state index in [0.29, 0.717) is 32.4 Å². The van der Waals surface area contributed by atoms with Crippen LogP contribution in [0.1, 0.15) is 24.8 Å². The lowest BCUT2D eigenvalue weighted by molar-refractivity contribution is -0.128. The number of fused-ring (bicyclic) bond motifs is 1. The van der Waals surface area contributed by atoms with Crippen LogP contribution in [0.3, 0.4) is 0 Å². The number of nitrogens with one attached hydrogen (secondary N) is 1. The van der Waals surface area contributed by atoms with Gasteiger partial charge in [-0.25, -0.2) is 0 Å². The number of rotatable bonds is 6. The quantitative estimate of drug-likeness (QED) is 0.831. The van der Waals surface area contributed by atoms with Gasteiger partial charge in [-0.15, -0.1) is 6.58 Å². The first-order chi connectivity index (χ1) is 11.7. The van der Waals surface area contributed by atoms with Crippen LogP contribution in [0.25, 0.3) is 10.8 Å². The minimum atomic E-state index is -0.0928. The van der Waals surface area contributed by atoms with Crippen molar-refractivity contribution in [2.24, 2.45) is 0 Å². The van der Waals surface area contributed by atoms with E-state index in [1.807, 2.05) is 23.1 Å². The molecule has 0 spiro atoms. The van der Waals surface area contributed by atoms with Crippen molar-refractivity contribution in [3.63, 3.8) is 0 Å². The van der Waals surface area contributed by atoms with E-state index in [1.54, 1.807) is 6.08 Å². The summed E-state index contributed by atoms with van der Waals surface area (Å²) in [5.74, 6) is 0.0802. The molecule has 0 bridgehead atoms. The van der Waals surface area contributed by atoms with Crippen LogP contribution in [0, 0.1) is 0 Å². The largest absolute Gasteiger partial charge is 0.351 e. The molecule has 4 nitrogen and oxygen atoms in total. The van der Waals surface area contributed by atoms with E-state index in [1.165, 1.54) is 10.8 Å². The maximum absolute atomic E-state index is 12.3. The Kier molecular flexibility index (Phi) is 4.94. The Morgan fingerprint density at radius 1 is 1.25 bits per heavy atom. The fraction of sp³-hybridized carbons (Fsp3) is 0.300. The average Bonchev–Trinajstić information content (AvgIpc) is 2.92. The molecule has 0 aliphatic carbocycles. The van der Waals surface area contributed by atoms with E-state index in [4.69, 9.17) is 0 Å². The van der Waals surface area contributed by atoms with Crippen LogP contribution >= 0.6 is 0 Å². The number of amides is 2. The standard InChI is InChI=1S/C20H22N2O2/c1-2-3-11-19(23)21-17-12-20(24)22(14-17)13-16-9-6-8-15-7-4-5-10-18(15)16/h2,4-10,17H,1,3,11-14H2,(H,21,23)/t17-/m0/s1. The molecule has 0 unspecified atom stereocenters. The summed E-state index contributed by atoms with van der Waals surface area (Å²) in [6.07, 6.45) is 3.19. The summed E-state index contributed by atoms with van der Waals surface area (Å²) in [7, 11) is 0. The molecule has 3 rings (SSSR count). The predicted octanol–water partition coefficient (Wildman–Crippen LogP) is 3.02. The molecule has 2 aromatic carbocycles. The summed E-state index contributed by atoms with van der Waals surface area (Å²) in [6.45, 7) is 4.77. The molecule has 2 amide bonds. The van der Waals surface area contributed by atoms with Gasteiger partial charge in [-0.2, -0.15) is 0 Å². The zero-order valence-electron chi connectivity index (χ0n) is 13.7. The van der Waals surface area contributed by atoms with E-state index in [0.717, 1.165) is 5.56 Å². The van der Waals surface area contributed by atoms with E-state index in [9.17, 15) is 9.59 Å². The van der Waals surface area contributed by atoms with Crippen LogP contribution < -0.4 is 5.32 Å². The van der Waals surface area contributed by atoms with E-state index in [2.05, 4.69) is 36.2 Å². The third-order valence-corrected chi connectivity index (χ3v) is 4.40. The predicted molar refractivity (Wildman–Crippen MR) is 95.3 cm³/mol. The topological polar surface area (TPSA) is 49.4 Å². The highest BCUT2D eigenvalue weighted by Crippen LogP contribution is 2.22. The molecule has 1 aliphatic rings. The molecule has 4 heteroatoms. The zero-order chi connectivity index (χ0) is 16.9. The van der Waals surface area contributed by atoms with Gasteiger partial charge >= 0.3 is 0 Å². The van der Waals surface area contributed by atoms with Gasteiger partial charge in [0.25, 0.3) is 0 Å². The molecular weight excluding hydrogens is 300 g/mol. The average molecular weight is 322 g/mol. The van der Waals surface area contributed by atoms with Crippen LogP contribution in [-0.2, 0) is 16.1 Å². The fourth-order valence-electron chi connectivity index (χ4n) is 3.19. The normalized spacial score (nSPS) is 17.2. The Morgan fingerprint density at radius 3 is 2.88 bits per heavy atom. The summed E-state index contributed by atoms with van der Waals surface area (Å²) in [6, 6.07) is 14.3. The molecule has 1 saturated heterocycles. The molecule has 0 aromatic heterocycles. The van der Waals surface area contributed by atoms with E-state index in [-0.39, 0.29) is 17.9 Å². The first kappa shape index (κ1) is 16.2. The monoisotopic (exact) mass is 322 g/mol. The van der Waals surface area contributed by atoms with E-state index >= 15 is 0 Å². The molecule has 1 N–H and O–H groups in total. The van der Waals surface area contributed by atoms with Crippen LogP contribution in [0.15, 0.2) is 55.1 Å². The number of nitrogens with zero attached hydrogens (tertiary/aromatic N) is 1. The maximum atomic E-state index is 12.3. The molecule has 0 saturated carbocycles. The van der Waals surface area contributed by atoms with Crippen LogP contribution in [0.5, 0.6) is 0 Å². The molecule has 0 radical (unpaired) electrons. The van der Waals surface area contributed by atoms with Crippen molar-refractivity contribution in [3.8, 4) is 0 Å². The molecule has 1 atom stereocenters. The second-order valence-corrected chi connectivity index (χ2v) is 6.21. The Hall–Kier alpha value is -2.62. The molecular formula is C20H22N2O2. The summed E-state index contributed by atoms with van der Waals surface area (Å²) in [5.41, 5.74) is 1.14. The van der Waals surface area contributed by atoms with Gasteiger partial charge < -0.3 is 10.2 Å². The number of carbonyl (C=O) groups is 2. The van der Waals surface area contributed by atoms with Crippen molar-refractivity contribution >= 4 is 22.6 Å². The summed E-state index contributed by atoms with van der Waals surface area (Å²) >= 11 is 0. The van der Waals surface area contributed by atoms with Gasteiger partial charge in [0, 0.05) is 25.9 Å². The minimum absolute atomic E-state index is 0.0142. The van der Waals surface area contributed by atoms with Gasteiger partial charge in [0.05, 0.1) is 6.04 Å². The number of likely N-dealkylation sites (tertiary alicyclic amines) is 1. The van der Waals surface area contributed by atoms with Gasteiger partial charge in [0.15, 0.2) is 0 Å². The van der Waals surface area contributed by atoms with Crippen molar-refractivity contribution < 1.29 is 9.59 Å². The first-order valence-corrected chi connectivity index (χ1v) is 8.32. The van der Waals surface area contributed by atoms with Gasteiger partial charge in [-0.3, -0.25) is 9.59 Å². The second kappa shape index (κ2) is 7.30. The Labute approximate surface area is 142 Å². The van der Waals surface area contributed by atoms with Gasteiger partial charge in [0.2, 0.25) is 11.8 Å². The van der Waals surface area contributed by atoms with Gasteiger partial charge in [-0.1, -0.05) is 48.5 Å². The number of hydrogen-bond acceptors (Lipinski definition) is 2. The highest BCUT2D eigenvalue weighted by Gasteiger charge is 2.30. The lowest BCUT2D eigenvalue weighted by Gasteiger charge is -2.18. The smallest absolute Gasteiger partial charge is 0.225 e. The lowest BCUT2D eigenvalue weighted by atomic mass is 10.0. The summed E-state index contributed by atoms with van der Waals surface area (Å²) in [5, 5.41) is 5.30. The SMILES string of the molecule is C=CCCC(=O)N[C@H]1CC(=O)N(Cc2cccc3ccccc23)C1. The van der Waals surface area contributed by atoms with Crippen molar-refractivity contribution in [1.82, 2.24) is 10.2 Å². The maximum Gasteiger partial charge on any atom is 0.225 e. The van der Waals surface area contributed by atoms with Crippen molar-refractivity contribution in [3.05, 3.63) is 60.7 Å². The highest BCUT2D eigenvalue weighted by atomic mass is 16.2.